The fourth-order valence-corrected chi connectivity index (χ4v) is 2.86. The third-order valence-corrected chi connectivity index (χ3v) is 3.79. The minimum Gasteiger partial charge on any atom is -0.355 e. The maximum atomic E-state index is 11.2. The van der Waals surface area contributed by atoms with Gasteiger partial charge >= 0.3 is 0 Å². The molecule has 0 N–H and O–H groups in total. The molecule has 1 aliphatic heterocycles. The van der Waals surface area contributed by atoms with Crippen LogP contribution in [0.1, 0.15) is 0 Å². The molecule has 1 aromatic rings. The number of halogens is 2. The zero-order valence-electron chi connectivity index (χ0n) is 7.82. The van der Waals surface area contributed by atoms with Crippen molar-refractivity contribution >= 4 is 39.8 Å². The van der Waals surface area contributed by atoms with Crippen LogP contribution in [0.5, 0.6) is 0 Å². The molecule has 1 saturated heterocycles. The summed E-state index contributed by atoms with van der Waals surface area (Å²) in [4.78, 5) is 9.87. The topological polar surface area (TPSA) is 46.1 Å². The van der Waals surface area contributed by atoms with Gasteiger partial charge in [-0.2, -0.15) is 0 Å². The Morgan fingerprint density at radius 1 is 1.27 bits per heavy atom. The Labute approximate surface area is 100 Å². The Balaban J connectivity index is 2.18. The lowest BCUT2D eigenvalue weighted by atomic mass is 10.4. The molecule has 0 saturated carbocycles. The summed E-state index contributed by atoms with van der Waals surface area (Å²) in [6, 6.07) is 1.67. The van der Waals surface area contributed by atoms with Gasteiger partial charge in [0.25, 0.3) is 0 Å². The summed E-state index contributed by atoms with van der Waals surface area (Å²) in [5.74, 6) is 2.04. The lowest BCUT2D eigenvalue weighted by Crippen LogP contribution is -2.38. The van der Waals surface area contributed by atoms with E-state index in [1.807, 2.05) is 4.90 Å². The van der Waals surface area contributed by atoms with E-state index in [-0.39, 0.29) is 5.28 Å². The molecule has 1 fully saturated rings. The molecular weight excluding hydrogens is 257 g/mol. The zero-order valence-corrected chi connectivity index (χ0v) is 10.1. The first-order valence-corrected chi connectivity index (χ1v) is 6.69. The number of hydrogen-bond acceptors (Lipinski definition) is 4. The summed E-state index contributed by atoms with van der Waals surface area (Å²) < 4.78 is 11.2. The Morgan fingerprint density at radius 3 is 2.53 bits per heavy atom. The van der Waals surface area contributed by atoms with Crippen molar-refractivity contribution in [3.63, 3.8) is 0 Å². The molecule has 2 heterocycles. The van der Waals surface area contributed by atoms with Crippen LogP contribution in [0, 0.1) is 0 Å². The van der Waals surface area contributed by atoms with Crippen LogP contribution >= 0.6 is 23.2 Å². The average molecular weight is 266 g/mol. The van der Waals surface area contributed by atoms with Crippen LogP contribution in [-0.2, 0) is 10.8 Å². The van der Waals surface area contributed by atoms with Crippen LogP contribution in [0.25, 0.3) is 0 Å². The largest absolute Gasteiger partial charge is 0.355 e. The standard InChI is InChI=1S/C8H9Cl2N3OS/c9-6-5-7(12-8(10)11-6)13-1-3-15(14)4-2-13/h5H,1-4H2. The highest BCUT2D eigenvalue weighted by molar-refractivity contribution is 7.85. The Hall–Kier alpha value is -0.390. The van der Waals surface area contributed by atoms with Crippen molar-refractivity contribution in [1.29, 1.82) is 0 Å². The van der Waals surface area contributed by atoms with E-state index in [0.717, 1.165) is 13.1 Å². The lowest BCUT2D eigenvalue weighted by molar-refractivity contribution is 0.672. The second-order valence-corrected chi connectivity index (χ2v) is 5.57. The van der Waals surface area contributed by atoms with Crippen molar-refractivity contribution in [3.8, 4) is 0 Å². The van der Waals surface area contributed by atoms with Gasteiger partial charge < -0.3 is 4.90 Å². The molecule has 4 nitrogen and oxygen atoms in total. The molecule has 1 aliphatic rings. The third-order valence-electron chi connectivity index (χ3n) is 2.16. The molecular formula is C8H9Cl2N3OS. The molecule has 0 amide bonds. The minimum atomic E-state index is -0.696. The van der Waals surface area contributed by atoms with Gasteiger partial charge in [-0.15, -0.1) is 0 Å². The maximum Gasteiger partial charge on any atom is 0.225 e. The molecule has 0 unspecified atom stereocenters. The molecule has 0 radical (unpaired) electrons. The molecule has 2 rings (SSSR count). The van der Waals surface area contributed by atoms with Crippen LogP contribution in [0.4, 0.5) is 5.82 Å². The van der Waals surface area contributed by atoms with Gasteiger partial charge in [0.1, 0.15) is 11.0 Å². The first kappa shape index (κ1) is 11.1. The van der Waals surface area contributed by atoms with Crippen molar-refractivity contribution in [1.82, 2.24) is 9.97 Å². The summed E-state index contributed by atoms with van der Waals surface area (Å²) in [7, 11) is -0.696. The second-order valence-electron chi connectivity index (χ2n) is 3.15. The van der Waals surface area contributed by atoms with E-state index in [1.54, 1.807) is 6.07 Å². The van der Waals surface area contributed by atoms with Gasteiger partial charge in [-0.1, -0.05) is 11.6 Å². The predicted octanol–water partition coefficient (Wildman–Crippen LogP) is 1.35. The first-order chi connectivity index (χ1) is 7.15. The quantitative estimate of drug-likeness (QED) is 0.568. The van der Waals surface area contributed by atoms with Crippen molar-refractivity contribution in [3.05, 3.63) is 16.5 Å². The number of hydrogen-bond donors (Lipinski definition) is 0. The van der Waals surface area contributed by atoms with Crippen LogP contribution < -0.4 is 4.90 Å². The van der Waals surface area contributed by atoms with Gasteiger partial charge in [-0.3, -0.25) is 4.21 Å². The molecule has 15 heavy (non-hydrogen) atoms. The summed E-state index contributed by atoms with van der Waals surface area (Å²) in [6.07, 6.45) is 0. The van der Waals surface area contributed by atoms with E-state index in [2.05, 4.69) is 9.97 Å². The van der Waals surface area contributed by atoms with Crippen molar-refractivity contribution in [2.75, 3.05) is 29.5 Å². The van der Waals surface area contributed by atoms with Crippen LogP contribution in [0.15, 0.2) is 6.07 Å². The van der Waals surface area contributed by atoms with E-state index in [4.69, 9.17) is 23.2 Å². The summed E-state index contributed by atoms with van der Waals surface area (Å²) in [5, 5.41) is 0.473. The molecule has 0 atom stereocenters. The van der Waals surface area contributed by atoms with Gasteiger partial charge in [0.15, 0.2) is 0 Å². The van der Waals surface area contributed by atoms with E-state index >= 15 is 0 Å². The summed E-state index contributed by atoms with van der Waals surface area (Å²) >= 11 is 11.5. The smallest absolute Gasteiger partial charge is 0.225 e. The molecule has 1 aromatic heterocycles. The zero-order chi connectivity index (χ0) is 10.8. The maximum absolute atomic E-state index is 11.2. The summed E-state index contributed by atoms with van der Waals surface area (Å²) in [5.41, 5.74) is 0. The molecule has 0 aliphatic carbocycles. The number of anilines is 1. The number of nitrogens with zero attached hydrogens (tertiary/aromatic N) is 3. The van der Waals surface area contributed by atoms with Gasteiger partial charge in [0, 0.05) is 41.5 Å². The molecule has 7 heteroatoms. The first-order valence-electron chi connectivity index (χ1n) is 4.45. The van der Waals surface area contributed by atoms with E-state index in [9.17, 15) is 4.21 Å². The highest BCUT2D eigenvalue weighted by Crippen LogP contribution is 2.19. The molecule has 0 spiro atoms. The van der Waals surface area contributed by atoms with Gasteiger partial charge in [0.05, 0.1) is 0 Å². The fourth-order valence-electron chi connectivity index (χ4n) is 1.41. The molecule has 82 valence electrons. The van der Waals surface area contributed by atoms with Crippen molar-refractivity contribution in [2.24, 2.45) is 0 Å². The van der Waals surface area contributed by atoms with Crippen LogP contribution in [-0.4, -0.2) is 38.8 Å². The fraction of sp³-hybridized carbons (Fsp3) is 0.500. The second kappa shape index (κ2) is 4.63. The Kier molecular flexibility index (Phi) is 3.43. The number of rotatable bonds is 1. The van der Waals surface area contributed by atoms with E-state index < -0.39 is 10.8 Å². The Morgan fingerprint density at radius 2 is 1.93 bits per heavy atom. The lowest BCUT2D eigenvalue weighted by Gasteiger charge is -2.27. The monoisotopic (exact) mass is 265 g/mol. The third kappa shape index (κ3) is 2.80. The molecule has 0 aromatic carbocycles. The van der Waals surface area contributed by atoms with Gasteiger partial charge in [-0.25, -0.2) is 9.97 Å². The highest BCUT2D eigenvalue weighted by Gasteiger charge is 2.17. The summed E-state index contributed by atoms with van der Waals surface area (Å²) in [6.45, 7) is 1.44. The highest BCUT2D eigenvalue weighted by atomic mass is 35.5. The SMILES string of the molecule is O=S1CCN(c2cc(Cl)nc(Cl)n2)CC1. The molecule has 0 bridgehead atoms. The average Bonchev–Trinajstić information content (AvgIpc) is 2.17. The van der Waals surface area contributed by atoms with Crippen molar-refractivity contribution in [2.45, 2.75) is 0 Å². The van der Waals surface area contributed by atoms with Gasteiger partial charge in [-0.05, 0) is 11.6 Å². The normalized spacial score (nSPS) is 18.1. The Bertz CT molecular complexity index is 371. The minimum absolute atomic E-state index is 0.143. The number of aromatic nitrogens is 2. The predicted molar refractivity (Wildman–Crippen MR) is 62.1 cm³/mol. The van der Waals surface area contributed by atoms with E-state index in [1.165, 1.54) is 0 Å². The van der Waals surface area contributed by atoms with Crippen LogP contribution in [0.2, 0.25) is 10.4 Å². The van der Waals surface area contributed by atoms with Gasteiger partial charge in [0.2, 0.25) is 5.28 Å². The van der Waals surface area contributed by atoms with E-state index in [0.29, 0.717) is 22.5 Å². The van der Waals surface area contributed by atoms with Crippen LogP contribution in [0.3, 0.4) is 0 Å². The van der Waals surface area contributed by atoms with Crippen molar-refractivity contribution < 1.29 is 4.21 Å².